The summed E-state index contributed by atoms with van der Waals surface area (Å²) in [7, 11) is 0. The number of nitrogens with zero attached hydrogens (tertiary/aromatic N) is 1. The molecule has 1 aliphatic carbocycles. The van der Waals surface area contributed by atoms with Crippen LogP contribution in [0.4, 0.5) is 5.69 Å². The minimum atomic E-state index is -0.0907. The van der Waals surface area contributed by atoms with Gasteiger partial charge in [-0.3, -0.25) is 9.59 Å². The fraction of sp³-hybridized carbons (Fsp3) is 0.619. The minimum Gasteiger partial charge on any atom is -0.489 e. The Morgan fingerprint density at radius 2 is 1.81 bits per heavy atom. The monoisotopic (exact) mass is 360 g/mol. The third-order valence-corrected chi connectivity index (χ3v) is 4.68. The van der Waals surface area contributed by atoms with Crippen LogP contribution < -0.4 is 15.0 Å². The molecule has 0 atom stereocenters. The van der Waals surface area contributed by atoms with Crippen LogP contribution in [0, 0.1) is 0 Å². The van der Waals surface area contributed by atoms with Gasteiger partial charge in [-0.1, -0.05) is 37.8 Å². The van der Waals surface area contributed by atoms with Gasteiger partial charge in [0.05, 0.1) is 11.8 Å². The lowest BCUT2D eigenvalue weighted by Gasteiger charge is -2.25. The number of carbonyl (C=O) groups excluding carboxylic acids is 2. The molecule has 1 saturated carbocycles. The molecular weight excluding hydrogens is 328 g/mol. The van der Waals surface area contributed by atoms with E-state index in [1.54, 1.807) is 4.90 Å². The summed E-state index contributed by atoms with van der Waals surface area (Å²) < 4.78 is 5.82. The average molecular weight is 360 g/mol. The zero-order valence-electron chi connectivity index (χ0n) is 16.3. The molecule has 0 heterocycles. The molecule has 0 unspecified atom stereocenters. The number of hydrogen-bond acceptors (Lipinski definition) is 3. The Morgan fingerprint density at radius 1 is 1.15 bits per heavy atom. The van der Waals surface area contributed by atoms with Gasteiger partial charge in [-0.15, -0.1) is 0 Å². The van der Waals surface area contributed by atoms with Crippen LogP contribution in [0.3, 0.4) is 0 Å². The van der Waals surface area contributed by atoms with Gasteiger partial charge in [0.2, 0.25) is 11.8 Å². The first-order valence-electron chi connectivity index (χ1n) is 9.80. The molecule has 1 aliphatic rings. The van der Waals surface area contributed by atoms with E-state index in [2.05, 4.69) is 5.32 Å². The first-order valence-corrected chi connectivity index (χ1v) is 9.80. The molecule has 0 aromatic heterocycles. The van der Waals surface area contributed by atoms with Crippen molar-refractivity contribution in [2.45, 2.75) is 77.9 Å². The summed E-state index contributed by atoms with van der Waals surface area (Å²) in [6, 6.07) is 7.77. The second-order valence-corrected chi connectivity index (χ2v) is 7.31. The van der Waals surface area contributed by atoms with Crippen molar-refractivity contribution in [1.29, 1.82) is 0 Å². The Morgan fingerprint density at radius 3 is 2.42 bits per heavy atom. The van der Waals surface area contributed by atoms with E-state index in [4.69, 9.17) is 4.74 Å². The number of benzene rings is 1. The average Bonchev–Trinajstić information content (AvgIpc) is 2.84. The molecule has 2 amide bonds. The lowest BCUT2D eigenvalue weighted by molar-refractivity contribution is -0.121. The van der Waals surface area contributed by atoms with Crippen LogP contribution in [0.15, 0.2) is 24.3 Å². The highest BCUT2D eigenvalue weighted by Gasteiger charge is 2.19. The van der Waals surface area contributed by atoms with Crippen LogP contribution in [-0.4, -0.2) is 30.5 Å². The highest BCUT2D eigenvalue weighted by Crippen LogP contribution is 2.29. The first kappa shape index (κ1) is 20.3. The predicted molar refractivity (Wildman–Crippen MR) is 104 cm³/mol. The Hall–Kier alpha value is -2.04. The van der Waals surface area contributed by atoms with Gasteiger partial charge >= 0.3 is 0 Å². The number of hydrogen-bond donors (Lipinski definition) is 1. The molecule has 1 N–H and O–H groups in total. The first-order chi connectivity index (χ1) is 12.5. The molecule has 0 bridgehead atoms. The van der Waals surface area contributed by atoms with Gasteiger partial charge in [0.15, 0.2) is 0 Å². The number of carbonyl (C=O) groups is 2. The third kappa shape index (κ3) is 6.36. The molecule has 26 heavy (non-hydrogen) atoms. The molecule has 5 nitrogen and oxygen atoms in total. The number of para-hydroxylation sites is 2. The van der Waals surface area contributed by atoms with Crippen molar-refractivity contribution in [3.05, 3.63) is 24.3 Å². The SMILES string of the molecule is CC(=O)N(CCC(=O)NC1CCCCCC1)c1ccccc1OC(C)C. The van der Waals surface area contributed by atoms with Gasteiger partial charge in [-0.25, -0.2) is 0 Å². The van der Waals surface area contributed by atoms with Crippen molar-refractivity contribution in [3.8, 4) is 5.75 Å². The summed E-state index contributed by atoms with van der Waals surface area (Å²) in [5.41, 5.74) is 0.718. The van der Waals surface area contributed by atoms with Crippen molar-refractivity contribution in [2.75, 3.05) is 11.4 Å². The number of ether oxygens (including phenoxy) is 1. The summed E-state index contributed by atoms with van der Waals surface area (Å²) in [5.74, 6) is 0.597. The van der Waals surface area contributed by atoms with Crippen LogP contribution in [0.5, 0.6) is 5.75 Å². The van der Waals surface area contributed by atoms with Gasteiger partial charge in [0, 0.05) is 25.9 Å². The Kier molecular flexibility index (Phi) is 7.95. The normalized spacial score (nSPS) is 15.4. The number of nitrogens with one attached hydrogen (secondary N) is 1. The number of anilines is 1. The van der Waals surface area contributed by atoms with E-state index < -0.39 is 0 Å². The zero-order chi connectivity index (χ0) is 18.9. The minimum absolute atomic E-state index is 0.0171. The molecule has 0 saturated heterocycles. The smallest absolute Gasteiger partial charge is 0.223 e. The highest BCUT2D eigenvalue weighted by atomic mass is 16.5. The van der Waals surface area contributed by atoms with E-state index in [0.717, 1.165) is 18.5 Å². The van der Waals surface area contributed by atoms with E-state index in [1.807, 2.05) is 38.1 Å². The predicted octanol–water partition coefficient (Wildman–Crippen LogP) is 4.06. The molecule has 5 heteroatoms. The van der Waals surface area contributed by atoms with E-state index in [0.29, 0.717) is 18.7 Å². The fourth-order valence-corrected chi connectivity index (χ4v) is 3.42. The molecule has 2 rings (SSSR count). The third-order valence-electron chi connectivity index (χ3n) is 4.68. The Labute approximate surface area is 157 Å². The number of rotatable bonds is 7. The highest BCUT2D eigenvalue weighted by molar-refractivity contribution is 5.93. The topological polar surface area (TPSA) is 58.6 Å². The van der Waals surface area contributed by atoms with Crippen LogP contribution in [0.2, 0.25) is 0 Å². The molecule has 1 aromatic carbocycles. The lowest BCUT2D eigenvalue weighted by atomic mass is 10.1. The van der Waals surface area contributed by atoms with Crippen LogP contribution in [0.25, 0.3) is 0 Å². The molecule has 1 aromatic rings. The van der Waals surface area contributed by atoms with Crippen molar-refractivity contribution in [2.24, 2.45) is 0 Å². The van der Waals surface area contributed by atoms with Crippen molar-refractivity contribution in [1.82, 2.24) is 5.32 Å². The van der Waals surface area contributed by atoms with E-state index >= 15 is 0 Å². The number of amides is 2. The molecular formula is C21H32N2O3. The zero-order valence-corrected chi connectivity index (χ0v) is 16.3. The molecule has 144 valence electrons. The molecule has 0 aliphatic heterocycles. The van der Waals surface area contributed by atoms with Crippen LogP contribution in [-0.2, 0) is 9.59 Å². The van der Waals surface area contributed by atoms with E-state index in [1.165, 1.54) is 32.6 Å². The maximum atomic E-state index is 12.4. The van der Waals surface area contributed by atoms with Crippen molar-refractivity contribution in [3.63, 3.8) is 0 Å². The molecule has 1 fully saturated rings. The van der Waals surface area contributed by atoms with Crippen LogP contribution >= 0.6 is 0 Å². The summed E-state index contributed by atoms with van der Waals surface area (Å²) in [6.45, 7) is 5.78. The van der Waals surface area contributed by atoms with Crippen molar-refractivity contribution < 1.29 is 14.3 Å². The summed E-state index contributed by atoms with van der Waals surface area (Å²) >= 11 is 0. The summed E-state index contributed by atoms with van der Waals surface area (Å²) in [6.07, 6.45) is 7.33. The fourth-order valence-electron chi connectivity index (χ4n) is 3.42. The standard InChI is InChI=1S/C21H32N2O3/c1-16(2)26-20-13-9-8-12-19(20)23(17(3)24)15-14-21(25)22-18-10-6-4-5-7-11-18/h8-9,12-13,16,18H,4-7,10-11,14-15H2,1-3H3,(H,22,25). The second kappa shape index (κ2) is 10.2. The van der Waals surface area contributed by atoms with Crippen molar-refractivity contribution >= 4 is 17.5 Å². The maximum Gasteiger partial charge on any atom is 0.223 e. The van der Waals surface area contributed by atoms with E-state index in [-0.39, 0.29) is 24.0 Å². The maximum absolute atomic E-state index is 12.4. The molecule has 0 radical (unpaired) electrons. The van der Waals surface area contributed by atoms with Gasteiger partial charge in [0.1, 0.15) is 5.75 Å². The quantitative estimate of drug-likeness (QED) is 0.746. The van der Waals surface area contributed by atoms with Gasteiger partial charge in [-0.2, -0.15) is 0 Å². The lowest BCUT2D eigenvalue weighted by Crippen LogP contribution is -2.38. The van der Waals surface area contributed by atoms with E-state index in [9.17, 15) is 9.59 Å². The Bertz CT molecular complexity index is 593. The summed E-state index contributed by atoms with van der Waals surface area (Å²) in [4.78, 5) is 26.2. The Balaban J connectivity index is 1.98. The van der Waals surface area contributed by atoms with Gasteiger partial charge in [-0.05, 0) is 38.8 Å². The largest absolute Gasteiger partial charge is 0.489 e. The summed E-state index contributed by atoms with van der Waals surface area (Å²) in [5, 5.41) is 3.14. The van der Waals surface area contributed by atoms with Crippen LogP contribution in [0.1, 0.15) is 65.7 Å². The van der Waals surface area contributed by atoms with Gasteiger partial charge < -0.3 is 15.0 Å². The second-order valence-electron chi connectivity index (χ2n) is 7.31. The molecule has 0 spiro atoms. The van der Waals surface area contributed by atoms with Gasteiger partial charge in [0.25, 0.3) is 0 Å².